The Labute approximate surface area is 81.0 Å². The van der Waals surface area contributed by atoms with E-state index in [0.717, 1.165) is 24.6 Å². The molecule has 1 aromatic rings. The van der Waals surface area contributed by atoms with Crippen molar-refractivity contribution in [2.45, 2.75) is 19.2 Å². The highest BCUT2D eigenvalue weighted by atomic mass is 32.2. The topological polar surface area (TPSA) is 42.2 Å². The zero-order valence-electron chi connectivity index (χ0n) is 8.00. The van der Waals surface area contributed by atoms with Gasteiger partial charge in [0.1, 0.15) is 11.5 Å². The van der Waals surface area contributed by atoms with Gasteiger partial charge in [0, 0.05) is 17.1 Å². The Bertz CT molecular complexity index is 283. The average Bonchev–Trinajstić information content (AvgIpc) is 2.48. The molecule has 0 aromatic carbocycles. The van der Waals surface area contributed by atoms with Gasteiger partial charge in [-0.25, -0.2) is 0 Å². The summed E-state index contributed by atoms with van der Waals surface area (Å²) in [7, 11) is -0.823. The summed E-state index contributed by atoms with van der Waals surface area (Å²) in [5, 5.41) is 3.16. The van der Waals surface area contributed by atoms with Crippen LogP contribution in [0, 0.1) is 0 Å². The van der Waals surface area contributed by atoms with E-state index in [-0.39, 0.29) is 0 Å². The molecule has 0 fully saturated rings. The summed E-state index contributed by atoms with van der Waals surface area (Å²) in [6, 6.07) is 3.80. The van der Waals surface area contributed by atoms with Crippen LogP contribution in [0.1, 0.15) is 18.4 Å². The van der Waals surface area contributed by atoms with Crippen LogP contribution in [0.4, 0.5) is 0 Å². The predicted octanol–water partition coefficient (Wildman–Crippen LogP) is 1.27. The van der Waals surface area contributed by atoms with Crippen LogP contribution in [-0.2, 0) is 23.1 Å². The Morgan fingerprint density at radius 1 is 1.46 bits per heavy atom. The first-order valence-corrected chi connectivity index (χ1v) is 6.03. The Balaban J connectivity index is 2.48. The third-order valence-electron chi connectivity index (χ3n) is 1.61. The summed E-state index contributed by atoms with van der Waals surface area (Å²) >= 11 is 0. The van der Waals surface area contributed by atoms with Crippen molar-refractivity contribution >= 4 is 10.8 Å². The average molecular weight is 201 g/mol. The van der Waals surface area contributed by atoms with E-state index in [0.29, 0.717) is 5.75 Å². The molecule has 0 saturated heterocycles. The van der Waals surface area contributed by atoms with Gasteiger partial charge in [-0.3, -0.25) is 4.21 Å². The first kappa shape index (κ1) is 10.5. The molecule has 1 rings (SSSR count). The van der Waals surface area contributed by atoms with E-state index in [1.54, 1.807) is 6.26 Å². The van der Waals surface area contributed by atoms with Gasteiger partial charge in [0.15, 0.2) is 0 Å². The molecule has 1 unspecified atom stereocenters. The molecule has 0 saturated carbocycles. The molecule has 0 aliphatic rings. The Kier molecular flexibility index (Phi) is 4.18. The summed E-state index contributed by atoms with van der Waals surface area (Å²) in [4.78, 5) is 0. The molecule has 0 aliphatic heterocycles. The van der Waals surface area contributed by atoms with Crippen LogP contribution < -0.4 is 5.32 Å². The molecule has 4 heteroatoms. The molecule has 3 nitrogen and oxygen atoms in total. The second-order valence-corrected chi connectivity index (χ2v) is 4.30. The Morgan fingerprint density at radius 3 is 2.77 bits per heavy atom. The number of hydrogen-bond acceptors (Lipinski definition) is 3. The Hall–Kier alpha value is -0.610. The van der Waals surface area contributed by atoms with Crippen LogP contribution in [0.3, 0.4) is 0 Å². The second-order valence-electron chi connectivity index (χ2n) is 2.87. The van der Waals surface area contributed by atoms with Crippen LogP contribution >= 0.6 is 0 Å². The van der Waals surface area contributed by atoms with Crippen LogP contribution in [0.15, 0.2) is 16.5 Å². The molecule has 0 bridgehead atoms. The number of hydrogen-bond donors (Lipinski definition) is 1. The van der Waals surface area contributed by atoms with Gasteiger partial charge in [-0.1, -0.05) is 6.92 Å². The van der Waals surface area contributed by atoms with Gasteiger partial charge < -0.3 is 9.73 Å². The quantitative estimate of drug-likeness (QED) is 0.780. The van der Waals surface area contributed by atoms with Crippen molar-refractivity contribution in [1.82, 2.24) is 5.32 Å². The van der Waals surface area contributed by atoms with E-state index < -0.39 is 10.8 Å². The largest absolute Gasteiger partial charge is 0.464 e. The molecule has 1 N–H and O–H groups in total. The molecular formula is C9H15NO2S. The van der Waals surface area contributed by atoms with Crippen molar-refractivity contribution in [3.8, 4) is 0 Å². The zero-order valence-corrected chi connectivity index (χ0v) is 8.82. The van der Waals surface area contributed by atoms with Crippen LogP contribution in [0.2, 0.25) is 0 Å². The maximum absolute atomic E-state index is 10.9. The van der Waals surface area contributed by atoms with Gasteiger partial charge in [0.25, 0.3) is 0 Å². The van der Waals surface area contributed by atoms with E-state index in [9.17, 15) is 4.21 Å². The van der Waals surface area contributed by atoms with Crippen molar-refractivity contribution in [2.75, 3.05) is 12.8 Å². The summed E-state index contributed by atoms with van der Waals surface area (Å²) in [5.74, 6) is 2.21. The molecule has 1 atom stereocenters. The minimum absolute atomic E-state index is 0.506. The molecule has 1 heterocycles. The van der Waals surface area contributed by atoms with Gasteiger partial charge in [0.2, 0.25) is 0 Å². The minimum atomic E-state index is -0.823. The predicted molar refractivity (Wildman–Crippen MR) is 53.9 cm³/mol. The monoisotopic (exact) mass is 201 g/mol. The Morgan fingerprint density at radius 2 is 2.15 bits per heavy atom. The smallest absolute Gasteiger partial charge is 0.118 e. The van der Waals surface area contributed by atoms with Gasteiger partial charge in [-0.2, -0.15) is 0 Å². The van der Waals surface area contributed by atoms with Crippen LogP contribution in [0.25, 0.3) is 0 Å². The summed E-state index contributed by atoms with van der Waals surface area (Å²) in [5.41, 5.74) is 0. The third kappa shape index (κ3) is 3.74. The number of rotatable bonds is 5. The highest BCUT2D eigenvalue weighted by molar-refractivity contribution is 7.83. The summed E-state index contributed by atoms with van der Waals surface area (Å²) in [6.07, 6.45) is 1.67. The lowest BCUT2D eigenvalue weighted by atomic mass is 10.4. The van der Waals surface area contributed by atoms with E-state index >= 15 is 0 Å². The van der Waals surface area contributed by atoms with Crippen molar-refractivity contribution in [3.63, 3.8) is 0 Å². The third-order valence-corrected chi connectivity index (χ3v) is 2.30. The summed E-state index contributed by atoms with van der Waals surface area (Å²) < 4.78 is 16.3. The lowest BCUT2D eigenvalue weighted by Crippen LogP contribution is -2.10. The van der Waals surface area contributed by atoms with Gasteiger partial charge in [0.05, 0.1) is 12.3 Å². The first-order valence-electron chi connectivity index (χ1n) is 4.30. The van der Waals surface area contributed by atoms with E-state index in [1.807, 2.05) is 19.1 Å². The van der Waals surface area contributed by atoms with E-state index in [2.05, 4.69) is 5.32 Å². The van der Waals surface area contributed by atoms with E-state index in [1.165, 1.54) is 0 Å². The second kappa shape index (κ2) is 5.19. The normalized spacial score (nSPS) is 13.1. The fourth-order valence-corrected chi connectivity index (χ4v) is 1.60. The molecule has 0 aliphatic carbocycles. The van der Waals surface area contributed by atoms with Crippen molar-refractivity contribution < 1.29 is 8.63 Å². The van der Waals surface area contributed by atoms with Crippen LogP contribution in [-0.4, -0.2) is 17.0 Å². The molecule has 0 spiro atoms. The van der Waals surface area contributed by atoms with Gasteiger partial charge >= 0.3 is 0 Å². The maximum Gasteiger partial charge on any atom is 0.118 e. The number of nitrogens with one attached hydrogen (secondary N) is 1. The minimum Gasteiger partial charge on any atom is -0.464 e. The van der Waals surface area contributed by atoms with Crippen LogP contribution in [0.5, 0.6) is 0 Å². The fraction of sp³-hybridized carbons (Fsp3) is 0.556. The lowest BCUT2D eigenvalue weighted by molar-refractivity contribution is 0.462. The highest BCUT2D eigenvalue weighted by Crippen LogP contribution is 2.09. The van der Waals surface area contributed by atoms with Gasteiger partial charge in [-0.15, -0.1) is 0 Å². The lowest BCUT2D eigenvalue weighted by Gasteiger charge is -1.96. The SMILES string of the molecule is CCNCc1ccc(CS(C)=O)o1. The molecule has 1 aromatic heterocycles. The van der Waals surface area contributed by atoms with Crippen molar-refractivity contribution in [3.05, 3.63) is 23.7 Å². The first-order chi connectivity index (χ1) is 6.22. The van der Waals surface area contributed by atoms with Crippen molar-refractivity contribution in [2.24, 2.45) is 0 Å². The highest BCUT2D eigenvalue weighted by Gasteiger charge is 2.02. The molecule has 74 valence electrons. The molecular weight excluding hydrogens is 186 g/mol. The maximum atomic E-state index is 10.9. The fourth-order valence-electron chi connectivity index (χ4n) is 1.04. The molecule has 0 amide bonds. The van der Waals surface area contributed by atoms with Gasteiger partial charge in [-0.05, 0) is 18.7 Å². The van der Waals surface area contributed by atoms with Crippen molar-refractivity contribution in [1.29, 1.82) is 0 Å². The molecule has 13 heavy (non-hydrogen) atoms. The standard InChI is InChI=1S/C9H15NO2S/c1-3-10-6-8-4-5-9(12-8)7-13(2)11/h4-5,10H,3,6-7H2,1-2H3. The number of furan rings is 1. The molecule has 0 radical (unpaired) electrons. The van der Waals surface area contributed by atoms with E-state index in [4.69, 9.17) is 4.42 Å². The zero-order chi connectivity index (χ0) is 9.68. The summed E-state index contributed by atoms with van der Waals surface area (Å²) in [6.45, 7) is 3.72.